The first kappa shape index (κ1) is 22.9. The predicted octanol–water partition coefficient (Wildman–Crippen LogP) is 4.18. The van der Waals surface area contributed by atoms with Gasteiger partial charge in [-0.3, -0.25) is 0 Å². The molecule has 0 bridgehead atoms. The summed E-state index contributed by atoms with van der Waals surface area (Å²) in [4.78, 5) is 19.8. The Morgan fingerprint density at radius 3 is 1.90 bits per heavy atom. The van der Waals surface area contributed by atoms with Crippen LogP contribution in [0.3, 0.4) is 0 Å². The maximum absolute atomic E-state index is 11.8. The highest BCUT2D eigenvalue weighted by Crippen LogP contribution is 2.32. The number of urea groups is 1. The van der Waals surface area contributed by atoms with E-state index in [1.54, 1.807) is 26.4 Å². The van der Waals surface area contributed by atoms with Crippen LogP contribution < -0.4 is 25.8 Å². The lowest BCUT2D eigenvalue weighted by Gasteiger charge is -2.26. The monoisotopic (exact) mass is 429 g/mol. The molecular weight excluding hydrogens is 394 g/mol. The number of carbonyl (C=O) groups is 1. The number of ether oxygens (including phenoxy) is 2. The standard InChI is InChI=1S/C13H24N2O.C10H11N3O2/c16-13(14-11-7-3-1-4-8-11)15-12-9-5-2-6-10-12;1-14-8-3-6-7(4-9(8)15-2)12-5-13-10(6)11/h11-12H,1-10H2,(H2,14,15,16);3-5H,1-2H3,(H2,11,12,13). The Morgan fingerprint density at radius 2 is 1.39 bits per heavy atom. The third kappa shape index (κ3) is 6.60. The van der Waals surface area contributed by atoms with Gasteiger partial charge in [0.15, 0.2) is 11.5 Å². The third-order valence-corrected chi connectivity index (χ3v) is 6.05. The molecule has 1 heterocycles. The van der Waals surface area contributed by atoms with Crippen LogP contribution >= 0.6 is 0 Å². The van der Waals surface area contributed by atoms with E-state index in [0.717, 1.165) is 36.6 Å². The van der Waals surface area contributed by atoms with E-state index in [1.165, 1.54) is 44.9 Å². The Kier molecular flexibility index (Phi) is 8.55. The molecule has 0 saturated heterocycles. The summed E-state index contributed by atoms with van der Waals surface area (Å²) in [5.74, 6) is 1.68. The largest absolute Gasteiger partial charge is 0.493 e. The second-order valence-electron chi connectivity index (χ2n) is 8.27. The fraction of sp³-hybridized carbons (Fsp3) is 0.609. The Balaban J connectivity index is 0.000000176. The van der Waals surface area contributed by atoms with Crippen molar-refractivity contribution in [3.8, 4) is 11.5 Å². The van der Waals surface area contributed by atoms with Crippen molar-refractivity contribution in [1.29, 1.82) is 0 Å². The van der Waals surface area contributed by atoms with E-state index in [2.05, 4.69) is 20.6 Å². The molecule has 4 rings (SSSR count). The molecule has 0 atom stereocenters. The van der Waals surface area contributed by atoms with Crippen LogP contribution in [-0.4, -0.2) is 42.3 Å². The minimum atomic E-state index is 0.0683. The van der Waals surface area contributed by atoms with Crippen molar-refractivity contribution in [2.24, 2.45) is 0 Å². The molecule has 0 spiro atoms. The maximum atomic E-state index is 11.8. The number of fused-ring (bicyclic) bond motifs is 1. The second-order valence-corrected chi connectivity index (χ2v) is 8.27. The summed E-state index contributed by atoms with van der Waals surface area (Å²) in [7, 11) is 3.15. The first-order valence-corrected chi connectivity index (χ1v) is 11.3. The number of anilines is 1. The zero-order valence-corrected chi connectivity index (χ0v) is 18.7. The Bertz CT molecular complexity index is 826. The number of hydrogen-bond donors (Lipinski definition) is 3. The van der Waals surface area contributed by atoms with Crippen LogP contribution in [0.25, 0.3) is 10.9 Å². The fourth-order valence-corrected chi connectivity index (χ4v) is 4.31. The summed E-state index contributed by atoms with van der Waals surface area (Å²) >= 11 is 0. The number of carbonyl (C=O) groups excluding carboxylic acids is 1. The van der Waals surface area contributed by atoms with Gasteiger partial charge in [0.25, 0.3) is 0 Å². The number of methoxy groups -OCH3 is 2. The molecule has 1 aromatic carbocycles. The molecule has 2 aliphatic carbocycles. The normalized spacial score (nSPS) is 17.4. The van der Waals surface area contributed by atoms with E-state index in [0.29, 0.717) is 29.4 Å². The molecule has 2 amide bonds. The summed E-state index contributed by atoms with van der Waals surface area (Å²) < 4.78 is 10.3. The van der Waals surface area contributed by atoms with Crippen LogP contribution in [0.1, 0.15) is 64.2 Å². The van der Waals surface area contributed by atoms with Gasteiger partial charge in [-0.1, -0.05) is 38.5 Å². The van der Waals surface area contributed by atoms with Crippen LogP contribution in [0.5, 0.6) is 11.5 Å². The number of hydrogen-bond acceptors (Lipinski definition) is 6. The summed E-state index contributed by atoms with van der Waals surface area (Å²) in [6.45, 7) is 0. The minimum Gasteiger partial charge on any atom is -0.493 e. The molecule has 4 N–H and O–H groups in total. The molecule has 2 fully saturated rings. The van der Waals surface area contributed by atoms with Gasteiger partial charge in [0, 0.05) is 23.5 Å². The van der Waals surface area contributed by atoms with E-state index in [4.69, 9.17) is 15.2 Å². The summed E-state index contributed by atoms with van der Waals surface area (Å²) in [6.07, 6.45) is 13.8. The molecule has 2 saturated carbocycles. The Morgan fingerprint density at radius 1 is 0.871 bits per heavy atom. The zero-order valence-electron chi connectivity index (χ0n) is 18.7. The lowest BCUT2D eigenvalue weighted by Crippen LogP contribution is -2.47. The topological polar surface area (TPSA) is 111 Å². The van der Waals surface area contributed by atoms with Crippen LogP contribution in [0.15, 0.2) is 18.5 Å². The van der Waals surface area contributed by atoms with Crippen LogP contribution in [0.2, 0.25) is 0 Å². The van der Waals surface area contributed by atoms with Crippen molar-refractivity contribution in [2.45, 2.75) is 76.3 Å². The first-order chi connectivity index (χ1) is 15.1. The summed E-state index contributed by atoms with van der Waals surface area (Å²) in [6, 6.07) is 4.46. The van der Waals surface area contributed by atoms with E-state index in [9.17, 15) is 4.79 Å². The average Bonchev–Trinajstić information content (AvgIpc) is 2.80. The molecule has 1 aromatic heterocycles. The van der Waals surface area contributed by atoms with Crippen molar-refractivity contribution in [2.75, 3.05) is 20.0 Å². The maximum Gasteiger partial charge on any atom is 0.315 e. The molecule has 2 aliphatic rings. The number of nitrogen functional groups attached to an aromatic ring is 1. The second kappa shape index (κ2) is 11.6. The third-order valence-electron chi connectivity index (χ3n) is 6.05. The molecule has 170 valence electrons. The molecule has 2 aromatic rings. The van der Waals surface area contributed by atoms with Crippen molar-refractivity contribution >= 4 is 22.8 Å². The van der Waals surface area contributed by atoms with E-state index < -0.39 is 0 Å². The highest BCUT2D eigenvalue weighted by molar-refractivity contribution is 5.90. The average molecular weight is 430 g/mol. The van der Waals surface area contributed by atoms with Gasteiger partial charge in [-0.25, -0.2) is 14.8 Å². The molecule has 8 nitrogen and oxygen atoms in total. The number of rotatable bonds is 4. The zero-order chi connectivity index (χ0) is 22.1. The van der Waals surface area contributed by atoms with Crippen molar-refractivity contribution < 1.29 is 14.3 Å². The quantitative estimate of drug-likeness (QED) is 0.672. The van der Waals surface area contributed by atoms with Gasteiger partial charge in [0.2, 0.25) is 0 Å². The van der Waals surface area contributed by atoms with Gasteiger partial charge in [-0.15, -0.1) is 0 Å². The predicted molar refractivity (Wildman–Crippen MR) is 122 cm³/mol. The van der Waals surface area contributed by atoms with Crippen molar-refractivity contribution in [3.63, 3.8) is 0 Å². The van der Waals surface area contributed by atoms with Gasteiger partial charge >= 0.3 is 6.03 Å². The van der Waals surface area contributed by atoms with Crippen LogP contribution in [-0.2, 0) is 0 Å². The van der Waals surface area contributed by atoms with Crippen molar-refractivity contribution in [3.05, 3.63) is 18.5 Å². The molecule has 0 radical (unpaired) electrons. The molecule has 0 aliphatic heterocycles. The van der Waals surface area contributed by atoms with Crippen molar-refractivity contribution in [1.82, 2.24) is 20.6 Å². The fourth-order valence-electron chi connectivity index (χ4n) is 4.31. The highest BCUT2D eigenvalue weighted by Gasteiger charge is 2.19. The smallest absolute Gasteiger partial charge is 0.315 e. The van der Waals surface area contributed by atoms with E-state index in [1.807, 2.05) is 0 Å². The van der Waals surface area contributed by atoms with Crippen LogP contribution in [0.4, 0.5) is 10.6 Å². The van der Waals surface area contributed by atoms with Gasteiger partial charge in [0.1, 0.15) is 12.1 Å². The van der Waals surface area contributed by atoms with Gasteiger partial charge in [-0.2, -0.15) is 0 Å². The summed E-state index contributed by atoms with van der Waals surface area (Å²) in [5.41, 5.74) is 6.46. The molecule has 31 heavy (non-hydrogen) atoms. The summed E-state index contributed by atoms with van der Waals surface area (Å²) in [5, 5.41) is 6.99. The first-order valence-electron chi connectivity index (χ1n) is 11.3. The number of aromatic nitrogens is 2. The number of amides is 2. The molecule has 0 unspecified atom stereocenters. The lowest BCUT2D eigenvalue weighted by atomic mass is 9.95. The molecule has 8 heteroatoms. The van der Waals surface area contributed by atoms with E-state index in [-0.39, 0.29) is 6.03 Å². The van der Waals surface area contributed by atoms with Gasteiger partial charge in [-0.05, 0) is 31.7 Å². The number of benzene rings is 1. The SMILES string of the molecule is COc1cc2ncnc(N)c2cc1OC.O=C(NC1CCCCC1)NC1CCCCC1. The highest BCUT2D eigenvalue weighted by atomic mass is 16.5. The van der Waals surface area contributed by atoms with Gasteiger partial charge < -0.3 is 25.8 Å². The number of nitrogens with two attached hydrogens (primary N) is 1. The number of nitrogens with zero attached hydrogens (tertiary/aromatic N) is 2. The Labute approximate surface area is 184 Å². The van der Waals surface area contributed by atoms with Gasteiger partial charge in [0.05, 0.1) is 19.7 Å². The number of nitrogens with one attached hydrogen (secondary N) is 2. The Hall–Kier alpha value is -2.77. The van der Waals surface area contributed by atoms with E-state index >= 15 is 0 Å². The lowest BCUT2D eigenvalue weighted by molar-refractivity contribution is 0.224. The molecular formula is C23H35N5O3. The van der Waals surface area contributed by atoms with Crippen LogP contribution in [0, 0.1) is 0 Å². The minimum absolute atomic E-state index is 0.0683.